The number of rotatable bonds is 4. The van der Waals surface area contributed by atoms with Gasteiger partial charge in [-0.15, -0.1) is 0 Å². The lowest BCUT2D eigenvalue weighted by atomic mass is 10.0. The minimum atomic E-state index is -0.185. The molecule has 1 aromatic rings. The maximum absolute atomic E-state index is 12.8. The SMILES string of the molecule is Cc1ccc(NC(=O)CN2CCCC[C@H]2C(=O)N2CCOCC2)cc1. The van der Waals surface area contributed by atoms with Gasteiger partial charge < -0.3 is 15.0 Å². The normalized spacial score (nSPS) is 21.8. The molecule has 2 fully saturated rings. The Balaban J connectivity index is 1.59. The van der Waals surface area contributed by atoms with E-state index < -0.39 is 0 Å². The van der Waals surface area contributed by atoms with Crippen LogP contribution in [0.3, 0.4) is 0 Å². The minimum Gasteiger partial charge on any atom is -0.378 e. The van der Waals surface area contributed by atoms with Gasteiger partial charge in [-0.1, -0.05) is 24.1 Å². The number of likely N-dealkylation sites (tertiary alicyclic amines) is 1. The van der Waals surface area contributed by atoms with Crippen molar-refractivity contribution < 1.29 is 14.3 Å². The van der Waals surface area contributed by atoms with Gasteiger partial charge in [-0.25, -0.2) is 0 Å². The van der Waals surface area contributed by atoms with E-state index in [0.717, 1.165) is 37.1 Å². The van der Waals surface area contributed by atoms with Gasteiger partial charge in [0.25, 0.3) is 0 Å². The van der Waals surface area contributed by atoms with Crippen LogP contribution in [-0.2, 0) is 14.3 Å². The van der Waals surface area contributed by atoms with Crippen LogP contribution in [0.5, 0.6) is 0 Å². The quantitative estimate of drug-likeness (QED) is 0.901. The first-order valence-corrected chi connectivity index (χ1v) is 9.10. The predicted molar refractivity (Wildman–Crippen MR) is 96.4 cm³/mol. The summed E-state index contributed by atoms with van der Waals surface area (Å²) in [4.78, 5) is 29.2. The number of hydrogen-bond acceptors (Lipinski definition) is 4. The van der Waals surface area contributed by atoms with Crippen molar-refractivity contribution in [2.45, 2.75) is 32.2 Å². The van der Waals surface area contributed by atoms with Crippen molar-refractivity contribution in [3.63, 3.8) is 0 Å². The molecule has 1 aromatic carbocycles. The van der Waals surface area contributed by atoms with Gasteiger partial charge in [0, 0.05) is 18.8 Å². The molecule has 136 valence electrons. The topological polar surface area (TPSA) is 61.9 Å². The van der Waals surface area contributed by atoms with E-state index in [9.17, 15) is 9.59 Å². The maximum Gasteiger partial charge on any atom is 0.240 e. The number of hydrogen-bond donors (Lipinski definition) is 1. The van der Waals surface area contributed by atoms with Crippen molar-refractivity contribution >= 4 is 17.5 Å². The minimum absolute atomic E-state index is 0.0643. The third-order valence-electron chi connectivity index (χ3n) is 4.90. The fraction of sp³-hybridized carbons (Fsp3) is 0.579. The predicted octanol–water partition coefficient (Wildman–Crippen LogP) is 1.65. The molecule has 2 amide bonds. The summed E-state index contributed by atoms with van der Waals surface area (Å²) in [5, 5.41) is 2.93. The molecule has 1 N–H and O–H groups in total. The molecule has 2 aliphatic rings. The lowest BCUT2D eigenvalue weighted by molar-refractivity contribution is -0.142. The molecular weight excluding hydrogens is 318 g/mol. The Bertz CT molecular complexity index is 596. The van der Waals surface area contributed by atoms with E-state index in [1.54, 1.807) is 0 Å². The molecule has 3 rings (SSSR count). The molecule has 0 aliphatic carbocycles. The van der Waals surface area contributed by atoms with Gasteiger partial charge in [-0.3, -0.25) is 14.5 Å². The van der Waals surface area contributed by atoms with E-state index in [-0.39, 0.29) is 24.4 Å². The summed E-state index contributed by atoms with van der Waals surface area (Å²) in [5.41, 5.74) is 1.95. The van der Waals surface area contributed by atoms with Crippen molar-refractivity contribution in [2.24, 2.45) is 0 Å². The molecule has 6 heteroatoms. The Kier molecular flexibility index (Phi) is 6.04. The molecule has 0 bridgehead atoms. The number of anilines is 1. The number of carbonyl (C=O) groups is 2. The van der Waals surface area contributed by atoms with Gasteiger partial charge in [0.15, 0.2) is 0 Å². The first-order chi connectivity index (χ1) is 12.1. The van der Waals surface area contributed by atoms with Gasteiger partial charge in [0.2, 0.25) is 11.8 Å². The average molecular weight is 345 g/mol. The summed E-state index contributed by atoms with van der Waals surface area (Å²) in [7, 11) is 0. The molecule has 0 unspecified atom stereocenters. The zero-order valence-electron chi connectivity index (χ0n) is 14.9. The second-order valence-corrected chi connectivity index (χ2v) is 6.83. The standard InChI is InChI=1S/C19H27N3O3/c1-15-5-7-16(8-6-15)20-18(23)14-22-9-3-2-4-17(22)19(24)21-10-12-25-13-11-21/h5-8,17H,2-4,9-14H2,1H3,(H,20,23)/t17-/m0/s1. The summed E-state index contributed by atoms with van der Waals surface area (Å²) in [6.45, 7) is 5.58. The van der Waals surface area contributed by atoms with Crippen LogP contribution in [0.15, 0.2) is 24.3 Å². The van der Waals surface area contributed by atoms with Crippen LogP contribution in [0, 0.1) is 6.92 Å². The summed E-state index contributed by atoms with van der Waals surface area (Å²) >= 11 is 0. The zero-order chi connectivity index (χ0) is 17.6. The van der Waals surface area contributed by atoms with Crippen molar-refractivity contribution in [1.29, 1.82) is 0 Å². The van der Waals surface area contributed by atoms with Crippen LogP contribution in [0.1, 0.15) is 24.8 Å². The van der Waals surface area contributed by atoms with Crippen molar-refractivity contribution in [1.82, 2.24) is 9.80 Å². The van der Waals surface area contributed by atoms with E-state index in [1.165, 1.54) is 0 Å². The number of carbonyl (C=O) groups excluding carboxylic acids is 2. The van der Waals surface area contributed by atoms with Crippen LogP contribution in [0.25, 0.3) is 0 Å². The molecular formula is C19H27N3O3. The molecule has 1 atom stereocenters. The Morgan fingerprint density at radius 2 is 1.84 bits per heavy atom. The Morgan fingerprint density at radius 1 is 1.12 bits per heavy atom. The molecule has 6 nitrogen and oxygen atoms in total. The second kappa shape index (κ2) is 8.45. The van der Waals surface area contributed by atoms with Crippen LogP contribution < -0.4 is 5.32 Å². The van der Waals surface area contributed by atoms with Crippen LogP contribution in [-0.4, -0.2) is 67.0 Å². The highest BCUT2D eigenvalue weighted by molar-refractivity contribution is 5.93. The van der Waals surface area contributed by atoms with Gasteiger partial charge >= 0.3 is 0 Å². The number of nitrogens with zero attached hydrogens (tertiary/aromatic N) is 2. The number of nitrogens with one attached hydrogen (secondary N) is 1. The number of ether oxygens (including phenoxy) is 1. The van der Waals surface area contributed by atoms with Crippen molar-refractivity contribution in [3.8, 4) is 0 Å². The van der Waals surface area contributed by atoms with E-state index in [0.29, 0.717) is 26.3 Å². The highest BCUT2D eigenvalue weighted by Gasteiger charge is 2.33. The number of benzene rings is 1. The fourth-order valence-corrected chi connectivity index (χ4v) is 3.48. The van der Waals surface area contributed by atoms with E-state index in [2.05, 4.69) is 5.32 Å². The third-order valence-corrected chi connectivity index (χ3v) is 4.90. The van der Waals surface area contributed by atoms with Gasteiger partial charge in [0.1, 0.15) is 0 Å². The van der Waals surface area contributed by atoms with Crippen LogP contribution in [0.2, 0.25) is 0 Å². The van der Waals surface area contributed by atoms with E-state index in [4.69, 9.17) is 4.74 Å². The first-order valence-electron chi connectivity index (χ1n) is 9.10. The molecule has 2 heterocycles. The summed E-state index contributed by atoms with van der Waals surface area (Å²) in [6, 6.07) is 7.57. The molecule has 0 saturated carbocycles. The fourth-order valence-electron chi connectivity index (χ4n) is 3.48. The van der Waals surface area contributed by atoms with Crippen molar-refractivity contribution in [2.75, 3.05) is 44.7 Å². The van der Waals surface area contributed by atoms with Gasteiger partial charge in [0.05, 0.1) is 25.8 Å². The molecule has 2 aliphatic heterocycles. The van der Waals surface area contributed by atoms with Gasteiger partial charge in [-0.2, -0.15) is 0 Å². The average Bonchev–Trinajstić information content (AvgIpc) is 2.64. The molecule has 0 aromatic heterocycles. The van der Waals surface area contributed by atoms with E-state index >= 15 is 0 Å². The molecule has 2 saturated heterocycles. The monoisotopic (exact) mass is 345 g/mol. The summed E-state index contributed by atoms with van der Waals surface area (Å²) in [5.74, 6) is 0.0802. The highest BCUT2D eigenvalue weighted by atomic mass is 16.5. The van der Waals surface area contributed by atoms with Crippen LogP contribution >= 0.6 is 0 Å². The first kappa shape index (κ1) is 17.9. The highest BCUT2D eigenvalue weighted by Crippen LogP contribution is 2.20. The zero-order valence-corrected chi connectivity index (χ0v) is 14.9. The number of piperidine rings is 1. The Morgan fingerprint density at radius 3 is 2.56 bits per heavy atom. The molecule has 0 spiro atoms. The number of aryl methyl sites for hydroxylation is 1. The van der Waals surface area contributed by atoms with Gasteiger partial charge in [-0.05, 0) is 38.4 Å². The number of amides is 2. The summed E-state index contributed by atoms with van der Waals surface area (Å²) in [6.07, 6.45) is 2.90. The van der Waals surface area contributed by atoms with E-state index in [1.807, 2.05) is 41.0 Å². The lowest BCUT2D eigenvalue weighted by Gasteiger charge is -2.38. The Hall–Kier alpha value is -1.92. The summed E-state index contributed by atoms with van der Waals surface area (Å²) < 4.78 is 5.33. The largest absolute Gasteiger partial charge is 0.378 e. The van der Waals surface area contributed by atoms with Crippen molar-refractivity contribution in [3.05, 3.63) is 29.8 Å². The number of morpholine rings is 1. The maximum atomic E-state index is 12.8. The third kappa shape index (κ3) is 4.80. The van der Waals surface area contributed by atoms with Crippen LogP contribution in [0.4, 0.5) is 5.69 Å². The Labute approximate surface area is 149 Å². The lowest BCUT2D eigenvalue weighted by Crippen LogP contribution is -2.54. The smallest absolute Gasteiger partial charge is 0.240 e. The molecule has 25 heavy (non-hydrogen) atoms. The second-order valence-electron chi connectivity index (χ2n) is 6.83. The molecule has 0 radical (unpaired) electrons.